The first-order valence-electron chi connectivity index (χ1n) is 8.45. The highest BCUT2D eigenvalue weighted by molar-refractivity contribution is 7.89. The lowest BCUT2D eigenvalue weighted by atomic mass is 10.1. The number of amides is 1. The lowest BCUT2D eigenvalue weighted by Gasteiger charge is -2.34. The zero-order valence-corrected chi connectivity index (χ0v) is 15.5. The van der Waals surface area contributed by atoms with Crippen LogP contribution in [0.5, 0.6) is 5.75 Å². The molecule has 0 saturated carbocycles. The van der Waals surface area contributed by atoms with Crippen LogP contribution in [0.4, 0.5) is 4.39 Å². The number of carbonyl (C=O) groups excluding carboxylic acids is 1. The predicted octanol–water partition coefficient (Wildman–Crippen LogP) is 1.65. The van der Waals surface area contributed by atoms with Crippen LogP contribution in [0.15, 0.2) is 18.2 Å². The lowest BCUT2D eigenvalue weighted by molar-refractivity contribution is -0.131. The summed E-state index contributed by atoms with van der Waals surface area (Å²) >= 11 is 0. The van der Waals surface area contributed by atoms with Crippen LogP contribution in [0.1, 0.15) is 25.3 Å². The number of benzene rings is 1. The van der Waals surface area contributed by atoms with Crippen molar-refractivity contribution in [2.75, 3.05) is 39.0 Å². The number of hydrogen-bond acceptors (Lipinski definition) is 4. The molecule has 1 aromatic carbocycles. The number of methoxy groups -OCH3 is 1. The molecular formula is C17H25FN2O4S. The number of hydrogen-bond donors (Lipinski definition) is 0. The molecule has 1 aliphatic rings. The number of halogens is 1. The predicted molar refractivity (Wildman–Crippen MR) is 93.5 cm³/mol. The molecule has 0 spiro atoms. The van der Waals surface area contributed by atoms with E-state index in [9.17, 15) is 17.6 Å². The topological polar surface area (TPSA) is 66.9 Å². The number of carbonyl (C=O) groups is 1. The standard InChI is InChI=1S/C17H25FN2O4S/c1-3-4-11-25(22,23)20-9-7-19(8-10-20)17(21)13-14-12-15(18)5-6-16(14)24-2/h5-6,12H,3-4,7-11,13H2,1-2H3. The molecule has 0 unspecified atom stereocenters. The van der Waals surface area contributed by atoms with Gasteiger partial charge in [-0.2, -0.15) is 4.31 Å². The van der Waals surface area contributed by atoms with Crippen LogP contribution >= 0.6 is 0 Å². The lowest BCUT2D eigenvalue weighted by Crippen LogP contribution is -2.51. The van der Waals surface area contributed by atoms with E-state index in [0.29, 0.717) is 43.9 Å². The van der Waals surface area contributed by atoms with Crippen molar-refractivity contribution in [2.24, 2.45) is 0 Å². The van der Waals surface area contributed by atoms with Gasteiger partial charge in [0.05, 0.1) is 19.3 Å². The highest BCUT2D eigenvalue weighted by Crippen LogP contribution is 2.21. The maximum atomic E-state index is 13.4. The molecule has 0 aliphatic carbocycles. The monoisotopic (exact) mass is 372 g/mol. The van der Waals surface area contributed by atoms with Crippen LogP contribution in [0.3, 0.4) is 0 Å². The highest BCUT2D eigenvalue weighted by atomic mass is 32.2. The average molecular weight is 372 g/mol. The molecule has 1 saturated heterocycles. The Hall–Kier alpha value is -1.67. The molecule has 0 atom stereocenters. The second-order valence-electron chi connectivity index (χ2n) is 6.08. The Kier molecular flexibility index (Phi) is 6.78. The maximum absolute atomic E-state index is 13.4. The number of nitrogens with zero attached hydrogens (tertiary/aromatic N) is 2. The van der Waals surface area contributed by atoms with Crippen molar-refractivity contribution < 1.29 is 22.3 Å². The second kappa shape index (κ2) is 8.62. The van der Waals surface area contributed by atoms with Gasteiger partial charge in [0, 0.05) is 31.7 Å². The van der Waals surface area contributed by atoms with Gasteiger partial charge in [0.15, 0.2) is 0 Å². The third-order valence-corrected chi connectivity index (χ3v) is 6.28. The average Bonchev–Trinajstić information content (AvgIpc) is 2.60. The first kappa shape index (κ1) is 19.7. The summed E-state index contributed by atoms with van der Waals surface area (Å²) in [7, 11) is -1.77. The summed E-state index contributed by atoms with van der Waals surface area (Å²) in [5, 5.41) is 0. The van der Waals surface area contributed by atoms with Gasteiger partial charge in [-0.3, -0.25) is 4.79 Å². The molecule has 1 fully saturated rings. The van der Waals surface area contributed by atoms with Crippen molar-refractivity contribution in [3.05, 3.63) is 29.6 Å². The van der Waals surface area contributed by atoms with Crippen LogP contribution in [0.25, 0.3) is 0 Å². The molecule has 1 aromatic rings. The molecule has 1 amide bonds. The third-order valence-electron chi connectivity index (χ3n) is 4.32. The fourth-order valence-electron chi connectivity index (χ4n) is 2.83. The minimum Gasteiger partial charge on any atom is -0.496 e. The Labute approximate surface area is 148 Å². The second-order valence-corrected chi connectivity index (χ2v) is 8.17. The van der Waals surface area contributed by atoms with Crippen molar-refractivity contribution >= 4 is 15.9 Å². The number of unbranched alkanes of at least 4 members (excludes halogenated alkanes) is 1. The minimum atomic E-state index is -3.24. The summed E-state index contributed by atoms with van der Waals surface area (Å²) in [6.07, 6.45) is 1.50. The Bertz CT molecular complexity index is 701. The van der Waals surface area contributed by atoms with E-state index in [1.54, 1.807) is 4.90 Å². The number of ether oxygens (including phenoxy) is 1. The van der Waals surface area contributed by atoms with Crippen LogP contribution in [0, 0.1) is 5.82 Å². The SMILES string of the molecule is CCCCS(=O)(=O)N1CCN(C(=O)Cc2cc(F)ccc2OC)CC1. The van der Waals surface area contributed by atoms with E-state index in [-0.39, 0.29) is 18.1 Å². The van der Waals surface area contributed by atoms with Gasteiger partial charge in [0.25, 0.3) is 0 Å². The Morgan fingerprint density at radius 3 is 2.52 bits per heavy atom. The Balaban J connectivity index is 1.95. The highest BCUT2D eigenvalue weighted by Gasteiger charge is 2.28. The Morgan fingerprint density at radius 2 is 1.92 bits per heavy atom. The van der Waals surface area contributed by atoms with Gasteiger partial charge in [-0.25, -0.2) is 12.8 Å². The summed E-state index contributed by atoms with van der Waals surface area (Å²) in [5.41, 5.74) is 0.491. The van der Waals surface area contributed by atoms with E-state index in [1.165, 1.54) is 29.6 Å². The van der Waals surface area contributed by atoms with Crippen molar-refractivity contribution in [3.63, 3.8) is 0 Å². The van der Waals surface area contributed by atoms with Crippen LogP contribution in [-0.4, -0.2) is 62.6 Å². The summed E-state index contributed by atoms with van der Waals surface area (Å²) in [6.45, 7) is 3.26. The molecule has 6 nitrogen and oxygen atoms in total. The molecule has 2 rings (SSSR count). The molecule has 25 heavy (non-hydrogen) atoms. The normalized spacial score (nSPS) is 16.0. The fraction of sp³-hybridized carbons (Fsp3) is 0.588. The quantitative estimate of drug-likeness (QED) is 0.730. The van der Waals surface area contributed by atoms with Gasteiger partial charge in [-0.15, -0.1) is 0 Å². The number of sulfonamides is 1. The Morgan fingerprint density at radius 1 is 1.24 bits per heavy atom. The largest absolute Gasteiger partial charge is 0.496 e. The first-order valence-corrected chi connectivity index (χ1v) is 10.1. The van der Waals surface area contributed by atoms with Crippen molar-refractivity contribution in [2.45, 2.75) is 26.2 Å². The zero-order chi connectivity index (χ0) is 18.4. The van der Waals surface area contributed by atoms with E-state index in [2.05, 4.69) is 0 Å². The van der Waals surface area contributed by atoms with Crippen molar-refractivity contribution in [1.82, 2.24) is 9.21 Å². The smallest absolute Gasteiger partial charge is 0.227 e. The molecule has 0 aromatic heterocycles. The summed E-state index contributed by atoms with van der Waals surface area (Å²) in [5.74, 6) is 0.0401. The van der Waals surface area contributed by atoms with Crippen LogP contribution in [-0.2, 0) is 21.2 Å². The summed E-state index contributed by atoms with van der Waals surface area (Å²) in [4.78, 5) is 14.1. The molecular weight excluding hydrogens is 347 g/mol. The first-order chi connectivity index (χ1) is 11.9. The molecule has 1 heterocycles. The summed E-state index contributed by atoms with van der Waals surface area (Å²) < 4.78 is 44.4. The zero-order valence-electron chi connectivity index (χ0n) is 14.7. The molecule has 0 bridgehead atoms. The van der Waals surface area contributed by atoms with Gasteiger partial charge >= 0.3 is 0 Å². The van der Waals surface area contributed by atoms with E-state index < -0.39 is 15.8 Å². The fourth-order valence-corrected chi connectivity index (χ4v) is 4.46. The van der Waals surface area contributed by atoms with Crippen LogP contribution in [0.2, 0.25) is 0 Å². The van der Waals surface area contributed by atoms with Gasteiger partial charge in [-0.05, 0) is 24.6 Å². The molecule has 0 radical (unpaired) electrons. The van der Waals surface area contributed by atoms with E-state index in [0.717, 1.165) is 6.42 Å². The minimum absolute atomic E-state index is 0.0313. The van der Waals surface area contributed by atoms with E-state index in [1.807, 2.05) is 6.92 Å². The van der Waals surface area contributed by atoms with Crippen LogP contribution < -0.4 is 4.74 Å². The van der Waals surface area contributed by atoms with Gasteiger partial charge in [0.1, 0.15) is 11.6 Å². The van der Waals surface area contributed by atoms with Gasteiger partial charge < -0.3 is 9.64 Å². The van der Waals surface area contributed by atoms with Gasteiger partial charge in [0.2, 0.25) is 15.9 Å². The van der Waals surface area contributed by atoms with Gasteiger partial charge in [-0.1, -0.05) is 13.3 Å². The van der Waals surface area contributed by atoms with Crippen molar-refractivity contribution in [3.8, 4) is 5.75 Å². The summed E-state index contributed by atoms with van der Waals surface area (Å²) in [6, 6.07) is 4.07. The van der Waals surface area contributed by atoms with E-state index in [4.69, 9.17) is 4.74 Å². The number of piperazine rings is 1. The third kappa shape index (κ3) is 5.15. The molecule has 140 valence electrons. The number of rotatable bonds is 7. The maximum Gasteiger partial charge on any atom is 0.227 e. The molecule has 1 aliphatic heterocycles. The molecule has 0 N–H and O–H groups in total. The van der Waals surface area contributed by atoms with Crippen molar-refractivity contribution in [1.29, 1.82) is 0 Å². The van der Waals surface area contributed by atoms with E-state index >= 15 is 0 Å². The molecule has 8 heteroatoms.